The number of sulfone groups is 1. The van der Waals surface area contributed by atoms with Gasteiger partial charge in [-0.3, -0.25) is 0 Å². The summed E-state index contributed by atoms with van der Waals surface area (Å²) >= 11 is 0. The largest absolute Gasteiger partial charge is 0.427 e. The molecule has 1 aromatic heterocycles. The molecule has 10 heteroatoms. The van der Waals surface area contributed by atoms with Crippen LogP contribution >= 0.6 is 0 Å². The number of allylic oxidation sites excluding steroid dienone is 1. The van der Waals surface area contributed by atoms with E-state index in [1.165, 1.54) is 20.8 Å². The van der Waals surface area contributed by atoms with Gasteiger partial charge >= 0.3 is 11.3 Å². The van der Waals surface area contributed by atoms with E-state index in [9.17, 15) is 30.4 Å². The smallest absolute Gasteiger partial charge is 0.315 e. The molecule has 0 saturated heterocycles. The molecular weight excluding hydrogens is 333 g/mol. The third-order valence-electron chi connectivity index (χ3n) is 2.60. The average Bonchev–Trinajstić information content (AvgIpc) is 2.81. The first-order valence-corrected chi connectivity index (χ1v) is 7.73. The molecule has 0 fully saturated rings. The molecule has 0 aliphatic carbocycles. The molecular formula is C12H14F5NO3S. The molecule has 1 aromatic rings. The molecule has 0 bridgehead atoms. The molecule has 0 amide bonds. The minimum absolute atomic E-state index is 0.256. The molecule has 126 valence electrons. The lowest BCUT2D eigenvalue weighted by Crippen LogP contribution is -2.15. The van der Waals surface area contributed by atoms with E-state index in [0.717, 1.165) is 0 Å². The first-order valence-electron chi connectivity index (χ1n) is 6.08. The molecule has 0 aliphatic heterocycles. The normalized spacial score (nSPS) is 12.8. The van der Waals surface area contributed by atoms with Gasteiger partial charge in [0.2, 0.25) is 9.84 Å². The Bertz CT molecular complexity index is 669. The summed E-state index contributed by atoms with van der Waals surface area (Å²) in [4.78, 5) is 3.54. The van der Waals surface area contributed by atoms with E-state index >= 15 is 0 Å². The van der Waals surface area contributed by atoms with Crippen molar-refractivity contribution in [2.24, 2.45) is 0 Å². The number of aromatic nitrogens is 1. The van der Waals surface area contributed by atoms with E-state index in [1.54, 1.807) is 0 Å². The molecule has 0 saturated carbocycles. The van der Waals surface area contributed by atoms with Gasteiger partial charge in [-0.1, -0.05) is 20.8 Å². The van der Waals surface area contributed by atoms with E-state index in [1.807, 2.05) is 0 Å². The number of alkyl halides is 2. The molecule has 1 rings (SSSR count). The van der Waals surface area contributed by atoms with Crippen molar-refractivity contribution in [3.63, 3.8) is 0 Å². The quantitative estimate of drug-likeness (QED) is 0.751. The zero-order chi connectivity index (χ0) is 17.3. The highest BCUT2D eigenvalue weighted by Crippen LogP contribution is 2.34. The van der Waals surface area contributed by atoms with E-state index in [4.69, 9.17) is 0 Å². The molecule has 0 aromatic carbocycles. The van der Waals surface area contributed by atoms with Crippen molar-refractivity contribution < 1.29 is 34.8 Å². The lowest BCUT2D eigenvalue weighted by Gasteiger charge is -2.15. The maximum Gasteiger partial charge on any atom is 0.315 e. The van der Waals surface area contributed by atoms with Gasteiger partial charge < -0.3 is 4.42 Å². The molecule has 0 aliphatic rings. The Labute approximate surface area is 123 Å². The lowest BCUT2D eigenvalue weighted by atomic mass is 9.91. The van der Waals surface area contributed by atoms with Crippen LogP contribution in [0.2, 0.25) is 0 Å². The van der Waals surface area contributed by atoms with Gasteiger partial charge in [-0.25, -0.2) is 26.6 Å². The zero-order valence-electron chi connectivity index (χ0n) is 12.0. The average molecular weight is 347 g/mol. The second-order valence-corrected chi connectivity index (χ2v) is 7.46. The summed E-state index contributed by atoms with van der Waals surface area (Å²) in [6.45, 7) is 4.57. The SMILES string of the molecule is CC(C)(C)c1nc(S(=O)(=O)CCC(F)=C(F)F)oc1C(F)F. The first kappa shape index (κ1) is 18.6. The van der Waals surface area contributed by atoms with Gasteiger partial charge in [-0.2, -0.15) is 8.78 Å². The predicted octanol–water partition coefficient (Wildman–Crippen LogP) is 4.15. The fourth-order valence-corrected chi connectivity index (χ4v) is 2.61. The van der Waals surface area contributed by atoms with Crippen LogP contribution in [0.3, 0.4) is 0 Å². The predicted molar refractivity (Wildman–Crippen MR) is 67.2 cm³/mol. The Morgan fingerprint density at radius 3 is 2.14 bits per heavy atom. The number of nitrogens with zero attached hydrogens (tertiary/aromatic N) is 1. The van der Waals surface area contributed by atoms with Crippen LogP contribution in [-0.2, 0) is 15.3 Å². The van der Waals surface area contributed by atoms with Crippen LogP contribution in [0.1, 0.15) is 45.1 Å². The standard InChI is InChI=1S/C12H14F5NO3S/c1-12(2,3)8-7(10(16)17)21-11(18-8)22(19,20)5-4-6(13)9(14)15/h10H,4-5H2,1-3H3. The molecule has 0 radical (unpaired) electrons. The Morgan fingerprint density at radius 2 is 1.77 bits per heavy atom. The van der Waals surface area contributed by atoms with Gasteiger partial charge in [0.1, 0.15) is 0 Å². The van der Waals surface area contributed by atoms with Gasteiger partial charge in [0.25, 0.3) is 6.43 Å². The van der Waals surface area contributed by atoms with Crippen LogP contribution in [-0.4, -0.2) is 19.2 Å². The topological polar surface area (TPSA) is 60.2 Å². The summed E-state index contributed by atoms with van der Waals surface area (Å²) in [7, 11) is -4.40. The van der Waals surface area contributed by atoms with Crippen molar-refractivity contribution in [3.05, 3.63) is 23.4 Å². The highest BCUT2D eigenvalue weighted by molar-refractivity contribution is 7.91. The van der Waals surface area contributed by atoms with Crippen LogP contribution in [0.25, 0.3) is 0 Å². The number of rotatable bonds is 5. The van der Waals surface area contributed by atoms with E-state index in [0.29, 0.717) is 0 Å². The van der Waals surface area contributed by atoms with Crippen LogP contribution in [0.4, 0.5) is 22.0 Å². The van der Waals surface area contributed by atoms with Gasteiger partial charge in [-0.15, -0.1) is 0 Å². The zero-order valence-corrected chi connectivity index (χ0v) is 12.8. The fraction of sp³-hybridized carbons (Fsp3) is 0.583. The second-order valence-electron chi connectivity index (χ2n) is 5.48. The van der Waals surface area contributed by atoms with Crippen LogP contribution in [0.5, 0.6) is 0 Å². The molecule has 1 heterocycles. The summed E-state index contributed by atoms with van der Waals surface area (Å²) in [6.07, 6.45) is -6.82. The van der Waals surface area contributed by atoms with Crippen molar-refractivity contribution in [1.29, 1.82) is 0 Å². The van der Waals surface area contributed by atoms with Gasteiger partial charge in [-0.05, 0) is 0 Å². The van der Waals surface area contributed by atoms with Crippen LogP contribution in [0, 0.1) is 0 Å². The summed E-state index contributed by atoms with van der Waals surface area (Å²) < 4.78 is 90.5. The van der Waals surface area contributed by atoms with Gasteiger partial charge in [0.05, 0.1) is 11.4 Å². The van der Waals surface area contributed by atoms with E-state index in [2.05, 4.69) is 9.40 Å². The van der Waals surface area contributed by atoms with Crippen molar-refractivity contribution >= 4 is 9.84 Å². The summed E-state index contributed by atoms with van der Waals surface area (Å²) in [5.41, 5.74) is -1.17. The monoisotopic (exact) mass is 347 g/mol. The molecule has 0 atom stereocenters. The number of halogens is 5. The molecule has 0 unspecified atom stereocenters. The first-order chi connectivity index (χ1) is 9.86. The minimum Gasteiger partial charge on any atom is -0.427 e. The Balaban J connectivity index is 3.19. The molecule has 4 nitrogen and oxygen atoms in total. The summed E-state index contributed by atoms with van der Waals surface area (Å²) in [6, 6.07) is 0. The molecule has 22 heavy (non-hydrogen) atoms. The van der Waals surface area contributed by atoms with Crippen LogP contribution in [0.15, 0.2) is 21.5 Å². The Morgan fingerprint density at radius 1 is 1.23 bits per heavy atom. The summed E-state index contributed by atoms with van der Waals surface area (Å²) in [5, 5.41) is -1.03. The van der Waals surface area contributed by atoms with Crippen molar-refractivity contribution in [3.8, 4) is 0 Å². The maximum absolute atomic E-state index is 12.9. The summed E-state index contributed by atoms with van der Waals surface area (Å²) in [5.74, 6) is -3.86. The second kappa shape index (κ2) is 6.35. The van der Waals surface area contributed by atoms with Gasteiger partial charge in [0.15, 0.2) is 11.6 Å². The fourth-order valence-electron chi connectivity index (χ4n) is 1.54. The van der Waals surface area contributed by atoms with Crippen molar-refractivity contribution in [1.82, 2.24) is 4.98 Å². The van der Waals surface area contributed by atoms with Crippen LogP contribution < -0.4 is 0 Å². The van der Waals surface area contributed by atoms with Crippen molar-refractivity contribution in [2.75, 3.05) is 5.75 Å². The number of hydrogen-bond acceptors (Lipinski definition) is 4. The highest BCUT2D eigenvalue weighted by Gasteiger charge is 2.33. The lowest BCUT2D eigenvalue weighted by molar-refractivity contribution is 0.113. The number of oxazole rings is 1. The molecule has 0 spiro atoms. The number of hydrogen-bond donors (Lipinski definition) is 0. The van der Waals surface area contributed by atoms with Gasteiger partial charge in [0, 0.05) is 11.8 Å². The van der Waals surface area contributed by atoms with E-state index < -0.39 is 56.7 Å². The maximum atomic E-state index is 12.9. The highest BCUT2D eigenvalue weighted by atomic mass is 32.2. The Kier molecular flexibility index (Phi) is 5.37. The third-order valence-corrected chi connectivity index (χ3v) is 4.05. The minimum atomic E-state index is -4.40. The molecule has 0 N–H and O–H groups in total. The van der Waals surface area contributed by atoms with E-state index in [-0.39, 0.29) is 5.69 Å². The third kappa shape index (κ3) is 4.28. The Hall–Kier alpha value is -1.45. The van der Waals surface area contributed by atoms with Crippen molar-refractivity contribution in [2.45, 2.75) is 44.3 Å².